The molecule has 1 amide bonds. The van der Waals surface area contributed by atoms with Crippen LogP contribution in [0.3, 0.4) is 0 Å². The topological polar surface area (TPSA) is 42.2 Å². The van der Waals surface area contributed by atoms with Gasteiger partial charge in [-0.3, -0.25) is 4.79 Å². The van der Waals surface area contributed by atoms with E-state index >= 15 is 0 Å². The minimum Gasteiger partial charge on any atom is -0.466 e. The van der Waals surface area contributed by atoms with Gasteiger partial charge in [0.05, 0.1) is 6.04 Å². The van der Waals surface area contributed by atoms with Crippen LogP contribution in [0.25, 0.3) is 0 Å². The molecule has 2 aromatic rings. The van der Waals surface area contributed by atoms with E-state index in [1.165, 1.54) is 6.07 Å². The van der Waals surface area contributed by atoms with Crippen LogP contribution in [0.2, 0.25) is 0 Å². The second-order valence-corrected chi connectivity index (χ2v) is 4.66. The zero-order valence-corrected chi connectivity index (χ0v) is 11.5. The Morgan fingerprint density at radius 3 is 2.35 bits per heavy atom. The summed E-state index contributed by atoms with van der Waals surface area (Å²) in [7, 11) is 0. The summed E-state index contributed by atoms with van der Waals surface area (Å²) >= 11 is 0. The molecule has 0 aliphatic rings. The van der Waals surface area contributed by atoms with Gasteiger partial charge in [-0.05, 0) is 39.0 Å². The summed E-state index contributed by atoms with van der Waals surface area (Å²) in [4.78, 5) is 12.0. The zero-order chi connectivity index (χ0) is 14.9. The number of furan rings is 1. The number of rotatable bonds is 3. The van der Waals surface area contributed by atoms with E-state index in [2.05, 4.69) is 5.32 Å². The van der Waals surface area contributed by atoms with Crippen molar-refractivity contribution in [2.24, 2.45) is 0 Å². The van der Waals surface area contributed by atoms with Crippen molar-refractivity contribution in [1.82, 2.24) is 5.32 Å². The van der Waals surface area contributed by atoms with Crippen LogP contribution in [0.5, 0.6) is 0 Å². The summed E-state index contributed by atoms with van der Waals surface area (Å²) in [5.41, 5.74) is 0.213. The van der Waals surface area contributed by atoms with Crippen molar-refractivity contribution in [2.45, 2.75) is 26.8 Å². The Labute approximate surface area is 115 Å². The molecule has 0 fully saturated rings. The van der Waals surface area contributed by atoms with Gasteiger partial charge in [-0.15, -0.1) is 0 Å². The van der Waals surface area contributed by atoms with Gasteiger partial charge in [0.1, 0.15) is 28.7 Å². The first-order chi connectivity index (χ1) is 9.40. The van der Waals surface area contributed by atoms with E-state index < -0.39 is 29.1 Å². The molecule has 3 nitrogen and oxygen atoms in total. The van der Waals surface area contributed by atoms with Crippen LogP contribution in [0.15, 0.2) is 28.7 Å². The first-order valence-electron chi connectivity index (χ1n) is 6.22. The maximum Gasteiger partial charge on any atom is 0.257 e. The van der Waals surface area contributed by atoms with E-state index in [4.69, 9.17) is 4.42 Å². The molecule has 1 N–H and O–H groups in total. The number of benzene rings is 1. The Morgan fingerprint density at radius 1 is 1.25 bits per heavy atom. The lowest BCUT2D eigenvalue weighted by Crippen LogP contribution is -2.28. The van der Waals surface area contributed by atoms with Gasteiger partial charge in [-0.1, -0.05) is 6.07 Å². The van der Waals surface area contributed by atoms with Gasteiger partial charge in [0.15, 0.2) is 0 Å². The molecule has 0 aliphatic heterocycles. The van der Waals surface area contributed by atoms with E-state index in [0.717, 1.165) is 23.5 Å². The van der Waals surface area contributed by atoms with Crippen molar-refractivity contribution in [2.75, 3.05) is 0 Å². The number of carbonyl (C=O) groups excluding carboxylic acids is 1. The summed E-state index contributed by atoms with van der Waals surface area (Å²) in [6.07, 6.45) is 0. The zero-order valence-electron chi connectivity index (χ0n) is 11.5. The number of hydrogen-bond donors (Lipinski definition) is 1. The fourth-order valence-electron chi connectivity index (χ4n) is 2.14. The van der Waals surface area contributed by atoms with Gasteiger partial charge < -0.3 is 9.73 Å². The average Bonchev–Trinajstić information content (AvgIpc) is 2.68. The maximum atomic E-state index is 13.5. The van der Waals surface area contributed by atoms with Gasteiger partial charge in [-0.2, -0.15) is 0 Å². The highest BCUT2D eigenvalue weighted by Crippen LogP contribution is 2.22. The Hall–Kier alpha value is -2.17. The molecule has 1 aromatic carbocycles. The number of carbonyl (C=O) groups is 1. The maximum absolute atomic E-state index is 13.5. The number of halogens is 2. The molecule has 1 atom stereocenters. The van der Waals surface area contributed by atoms with E-state index in [1.807, 2.05) is 0 Å². The third-order valence-corrected chi connectivity index (χ3v) is 3.08. The molecular formula is C15H15F2NO2. The molecule has 0 aliphatic carbocycles. The van der Waals surface area contributed by atoms with Gasteiger partial charge in [-0.25, -0.2) is 8.78 Å². The smallest absolute Gasteiger partial charge is 0.257 e. The van der Waals surface area contributed by atoms with Crippen molar-refractivity contribution in [3.05, 3.63) is 58.5 Å². The molecule has 2 rings (SSSR count). The molecule has 0 spiro atoms. The molecule has 1 heterocycles. The third kappa shape index (κ3) is 2.71. The Balaban J connectivity index is 2.22. The minimum atomic E-state index is -0.880. The van der Waals surface area contributed by atoms with Gasteiger partial charge in [0.2, 0.25) is 0 Å². The molecule has 106 valence electrons. The predicted octanol–water partition coefficient (Wildman–Crippen LogP) is 3.67. The summed E-state index contributed by atoms with van der Waals surface area (Å²) in [5, 5.41) is 2.57. The van der Waals surface area contributed by atoms with Crippen molar-refractivity contribution >= 4 is 5.91 Å². The van der Waals surface area contributed by atoms with Crippen molar-refractivity contribution in [1.29, 1.82) is 0 Å². The Kier molecular flexibility index (Phi) is 3.88. The molecule has 0 bridgehead atoms. The highest BCUT2D eigenvalue weighted by Gasteiger charge is 2.21. The SMILES string of the molecule is Cc1cc(C(C)NC(=O)c2c(F)cccc2F)c(C)o1. The van der Waals surface area contributed by atoms with Gasteiger partial charge in [0, 0.05) is 5.56 Å². The fraction of sp³-hybridized carbons (Fsp3) is 0.267. The molecule has 0 saturated carbocycles. The van der Waals surface area contributed by atoms with Crippen LogP contribution >= 0.6 is 0 Å². The highest BCUT2D eigenvalue weighted by atomic mass is 19.1. The molecule has 5 heteroatoms. The summed E-state index contributed by atoms with van der Waals surface area (Å²) < 4.78 is 32.4. The molecule has 0 saturated heterocycles. The van der Waals surface area contributed by atoms with Crippen LogP contribution in [-0.2, 0) is 0 Å². The fourth-order valence-corrected chi connectivity index (χ4v) is 2.14. The monoisotopic (exact) mass is 279 g/mol. The van der Waals surface area contributed by atoms with Crippen LogP contribution < -0.4 is 5.32 Å². The number of amides is 1. The molecule has 1 unspecified atom stereocenters. The second-order valence-electron chi connectivity index (χ2n) is 4.66. The third-order valence-electron chi connectivity index (χ3n) is 3.08. The average molecular weight is 279 g/mol. The normalized spacial score (nSPS) is 12.2. The number of nitrogens with one attached hydrogen (secondary N) is 1. The quantitative estimate of drug-likeness (QED) is 0.931. The predicted molar refractivity (Wildman–Crippen MR) is 70.4 cm³/mol. The van der Waals surface area contributed by atoms with Crippen molar-refractivity contribution in [3.8, 4) is 0 Å². The standard InChI is InChI=1S/C15H15F2NO2/c1-8-7-11(10(3)20-8)9(2)18-15(19)14-12(16)5-4-6-13(14)17/h4-7,9H,1-3H3,(H,18,19). The van der Waals surface area contributed by atoms with Crippen LogP contribution in [0.4, 0.5) is 8.78 Å². The first-order valence-corrected chi connectivity index (χ1v) is 6.22. The molecule has 1 aromatic heterocycles. The Morgan fingerprint density at radius 2 is 1.85 bits per heavy atom. The van der Waals surface area contributed by atoms with Crippen LogP contribution in [-0.4, -0.2) is 5.91 Å². The minimum absolute atomic E-state index is 0.404. The summed E-state index contributed by atoms with van der Waals surface area (Å²) in [5.74, 6) is -1.16. The van der Waals surface area contributed by atoms with Crippen molar-refractivity contribution < 1.29 is 18.0 Å². The first kappa shape index (κ1) is 14.2. The lowest BCUT2D eigenvalue weighted by atomic mass is 10.1. The van der Waals surface area contributed by atoms with Crippen LogP contribution in [0, 0.1) is 25.5 Å². The second kappa shape index (κ2) is 5.45. The van der Waals surface area contributed by atoms with Crippen molar-refractivity contribution in [3.63, 3.8) is 0 Å². The largest absolute Gasteiger partial charge is 0.466 e. The molecular weight excluding hydrogens is 264 g/mol. The lowest BCUT2D eigenvalue weighted by Gasteiger charge is -2.14. The van der Waals surface area contributed by atoms with E-state index in [-0.39, 0.29) is 0 Å². The summed E-state index contributed by atoms with van der Waals surface area (Å²) in [6.45, 7) is 5.30. The van der Waals surface area contributed by atoms with E-state index in [9.17, 15) is 13.6 Å². The Bertz CT molecular complexity index is 629. The van der Waals surface area contributed by atoms with E-state index in [1.54, 1.807) is 26.8 Å². The van der Waals surface area contributed by atoms with Gasteiger partial charge in [0.25, 0.3) is 5.91 Å². The highest BCUT2D eigenvalue weighted by molar-refractivity contribution is 5.95. The summed E-state index contributed by atoms with van der Waals surface area (Å²) in [6, 6.07) is 4.71. The number of hydrogen-bond acceptors (Lipinski definition) is 2. The molecule has 0 radical (unpaired) electrons. The lowest BCUT2D eigenvalue weighted by molar-refractivity contribution is 0.0931. The van der Waals surface area contributed by atoms with Crippen LogP contribution in [0.1, 0.15) is 40.4 Å². The van der Waals surface area contributed by atoms with E-state index in [0.29, 0.717) is 5.76 Å². The number of aryl methyl sites for hydroxylation is 2. The molecule has 20 heavy (non-hydrogen) atoms. The van der Waals surface area contributed by atoms with Gasteiger partial charge >= 0.3 is 0 Å².